The molecule has 5 nitrogen and oxygen atoms in total. The summed E-state index contributed by atoms with van der Waals surface area (Å²) in [7, 11) is 0. The molecule has 0 aliphatic rings. The molecule has 0 aliphatic carbocycles. The maximum Gasteiger partial charge on any atom is 0.317 e. The molecule has 0 saturated carbocycles. The van der Waals surface area contributed by atoms with Gasteiger partial charge in [-0.25, -0.2) is 4.79 Å². The molecule has 0 spiro atoms. The van der Waals surface area contributed by atoms with E-state index in [-0.39, 0.29) is 12.6 Å². The summed E-state index contributed by atoms with van der Waals surface area (Å²) in [5.41, 5.74) is 2.92. The Labute approximate surface area is 149 Å². The van der Waals surface area contributed by atoms with Crippen LogP contribution in [0, 0.1) is 0 Å². The number of carbonyl (C=O) groups is 1. The quantitative estimate of drug-likeness (QED) is 0.674. The van der Waals surface area contributed by atoms with Gasteiger partial charge in [-0.05, 0) is 35.6 Å². The van der Waals surface area contributed by atoms with Gasteiger partial charge in [0.1, 0.15) is 5.75 Å². The largest absolute Gasteiger partial charge is 0.471 e. The van der Waals surface area contributed by atoms with E-state index >= 15 is 0 Å². The topological polar surface area (TPSA) is 70.6 Å². The minimum atomic E-state index is -0.448. The fourth-order valence-corrected chi connectivity index (χ4v) is 2.47. The zero-order chi connectivity index (χ0) is 18.2. The lowest BCUT2D eigenvalue weighted by molar-refractivity contribution is 0.175. The van der Waals surface area contributed by atoms with Crippen molar-refractivity contribution in [1.82, 2.24) is 10.6 Å². The van der Waals surface area contributed by atoms with Gasteiger partial charge in [0.2, 0.25) is 0 Å². The van der Waals surface area contributed by atoms with Crippen molar-refractivity contribution in [1.29, 1.82) is 0 Å². The van der Waals surface area contributed by atoms with Gasteiger partial charge in [0.15, 0.2) is 6.23 Å². The van der Waals surface area contributed by atoms with E-state index in [4.69, 9.17) is 9.84 Å². The predicted molar refractivity (Wildman–Crippen MR) is 98.4 cm³/mol. The molecule has 5 heteroatoms. The van der Waals surface area contributed by atoms with Crippen LogP contribution in [0.15, 0.2) is 48.5 Å². The molecule has 0 aliphatic heterocycles. The number of amides is 2. The average molecular weight is 342 g/mol. The maximum absolute atomic E-state index is 12.0. The Kier molecular flexibility index (Phi) is 6.83. The maximum atomic E-state index is 12.0. The number of hydrogen-bond acceptors (Lipinski definition) is 3. The van der Waals surface area contributed by atoms with Crippen LogP contribution in [0.25, 0.3) is 0 Å². The first-order valence-electron chi connectivity index (χ1n) is 8.48. The minimum absolute atomic E-state index is 0.0148. The standard InChI is InChI=1S/C20H26N2O3/c1-14(2)18-6-4-5-7-19(18)25-15(3)22-20(24)21-12-16-8-10-17(13-23)11-9-16/h4-11,14-15,23H,12-13H2,1-3H3,(H2,21,22,24). The first kappa shape index (κ1) is 18.8. The third-order valence-electron chi connectivity index (χ3n) is 3.84. The monoisotopic (exact) mass is 342 g/mol. The number of carbonyl (C=O) groups excluding carboxylic acids is 1. The van der Waals surface area contributed by atoms with Crippen LogP contribution >= 0.6 is 0 Å². The zero-order valence-corrected chi connectivity index (χ0v) is 15.0. The highest BCUT2D eigenvalue weighted by Crippen LogP contribution is 2.26. The number of nitrogens with one attached hydrogen (secondary N) is 2. The summed E-state index contributed by atoms with van der Waals surface area (Å²) in [4.78, 5) is 12.0. The Hall–Kier alpha value is -2.53. The molecule has 1 unspecified atom stereocenters. The van der Waals surface area contributed by atoms with E-state index in [0.717, 1.165) is 22.4 Å². The minimum Gasteiger partial charge on any atom is -0.471 e. The molecule has 2 amide bonds. The van der Waals surface area contributed by atoms with Crippen LogP contribution in [0.2, 0.25) is 0 Å². The molecule has 1 atom stereocenters. The molecule has 0 aromatic heterocycles. The summed E-state index contributed by atoms with van der Waals surface area (Å²) in [6.07, 6.45) is -0.448. The van der Waals surface area contributed by atoms with Crippen LogP contribution in [0.1, 0.15) is 43.4 Å². The Balaban J connectivity index is 1.83. The molecular weight excluding hydrogens is 316 g/mol. The number of benzene rings is 2. The predicted octanol–water partition coefficient (Wildman–Crippen LogP) is 3.53. The fraction of sp³-hybridized carbons (Fsp3) is 0.350. The first-order chi connectivity index (χ1) is 12.0. The molecule has 25 heavy (non-hydrogen) atoms. The Bertz CT molecular complexity index is 684. The Morgan fingerprint density at radius 1 is 1.04 bits per heavy atom. The van der Waals surface area contributed by atoms with Crippen LogP contribution < -0.4 is 15.4 Å². The number of ether oxygens (including phenoxy) is 1. The molecule has 134 valence electrons. The number of para-hydroxylation sites is 1. The second-order valence-electron chi connectivity index (χ2n) is 6.25. The van der Waals surface area contributed by atoms with Gasteiger partial charge in [0.25, 0.3) is 0 Å². The third-order valence-corrected chi connectivity index (χ3v) is 3.84. The van der Waals surface area contributed by atoms with Crippen molar-refractivity contribution in [3.63, 3.8) is 0 Å². The van der Waals surface area contributed by atoms with Crippen LogP contribution in [-0.2, 0) is 13.2 Å². The summed E-state index contributed by atoms with van der Waals surface area (Å²) in [5, 5.41) is 14.6. The highest BCUT2D eigenvalue weighted by molar-refractivity contribution is 5.74. The van der Waals surface area contributed by atoms with E-state index in [0.29, 0.717) is 12.5 Å². The lowest BCUT2D eigenvalue weighted by atomic mass is 10.0. The van der Waals surface area contributed by atoms with Crippen molar-refractivity contribution < 1.29 is 14.6 Å². The van der Waals surface area contributed by atoms with Crippen LogP contribution in [0.5, 0.6) is 5.75 Å². The lowest BCUT2D eigenvalue weighted by Crippen LogP contribution is -2.43. The molecule has 2 aromatic carbocycles. The number of urea groups is 1. The molecule has 0 saturated heterocycles. The van der Waals surface area contributed by atoms with E-state index in [1.807, 2.05) is 48.5 Å². The molecule has 0 heterocycles. The first-order valence-corrected chi connectivity index (χ1v) is 8.48. The Morgan fingerprint density at radius 2 is 1.68 bits per heavy atom. The Morgan fingerprint density at radius 3 is 2.32 bits per heavy atom. The number of hydrogen-bond donors (Lipinski definition) is 3. The van der Waals surface area contributed by atoms with E-state index in [9.17, 15) is 4.79 Å². The van der Waals surface area contributed by atoms with Crippen LogP contribution in [-0.4, -0.2) is 17.4 Å². The molecule has 2 aromatic rings. The van der Waals surface area contributed by atoms with E-state index in [1.54, 1.807) is 6.92 Å². The normalized spacial score (nSPS) is 11.9. The third kappa shape index (κ3) is 5.80. The van der Waals surface area contributed by atoms with E-state index < -0.39 is 6.23 Å². The summed E-state index contributed by atoms with van der Waals surface area (Å²) < 4.78 is 5.86. The van der Waals surface area contributed by atoms with Crippen molar-refractivity contribution >= 4 is 6.03 Å². The van der Waals surface area contributed by atoms with Gasteiger partial charge in [-0.2, -0.15) is 0 Å². The summed E-state index contributed by atoms with van der Waals surface area (Å²) in [6, 6.07) is 15.0. The van der Waals surface area contributed by atoms with Gasteiger partial charge < -0.3 is 20.5 Å². The second kappa shape index (κ2) is 9.08. The van der Waals surface area contributed by atoms with Gasteiger partial charge in [0, 0.05) is 6.54 Å². The van der Waals surface area contributed by atoms with Gasteiger partial charge in [-0.3, -0.25) is 0 Å². The van der Waals surface area contributed by atoms with Gasteiger partial charge in [-0.15, -0.1) is 0 Å². The highest BCUT2D eigenvalue weighted by Gasteiger charge is 2.12. The SMILES string of the molecule is CC(NC(=O)NCc1ccc(CO)cc1)Oc1ccccc1C(C)C. The van der Waals surface area contributed by atoms with Crippen molar-refractivity contribution in [2.45, 2.75) is 46.1 Å². The summed E-state index contributed by atoms with van der Waals surface area (Å²) in [6.45, 7) is 6.44. The molecular formula is C20H26N2O3. The molecule has 0 fully saturated rings. The zero-order valence-electron chi connectivity index (χ0n) is 15.0. The van der Waals surface area contributed by atoms with Gasteiger partial charge >= 0.3 is 6.03 Å². The van der Waals surface area contributed by atoms with Crippen molar-refractivity contribution in [3.05, 3.63) is 65.2 Å². The van der Waals surface area contributed by atoms with Gasteiger partial charge in [-0.1, -0.05) is 56.3 Å². The summed E-state index contributed by atoms with van der Waals surface area (Å²) >= 11 is 0. The smallest absolute Gasteiger partial charge is 0.317 e. The molecule has 2 rings (SSSR count). The van der Waals surface area contributed by atoms with E-state index in [1.165, 1.54) is 0 Å². The second-order valence-corrected chi connectivity index (χ2v) is 6.25. The van der Waals surface area contributed by atoms with Gasteiger partial charge in [0.05, 0.1) is 6.61 Å². The highest BCUT2D eigenvalue weighted by atomic mass is 16.5. The lowest BCUT2D eigenvalue weighted by Gasteiger charge is -2.20. The van der Waals surface area contributed by atoms with E-state index in [2.05, 4.69) is 24.5 Å². The molecule has 0 radical (unpaired) electrons. The van der Waals surface area contributed by atoms with Crippen molar-refractivity contribution in [2.75, 3.05) is 0 Å². The summed E-state index contributed by atoms with van der Waals surface area (Å²) in [5.74, 6) is 1.13. The number of aliphatic hydroxyl groups excluding tert-OH is 1. The van der Waals surface area contributed by atoms with Crippen LogP contribution in [0.4, 0.5) is 4.79 Å². The number of aliphatic hydroxyl groups is 1. The van der Waals surface area contributed by atoms with Crippen molar-refractivity contribution in [2.24, 2.45) is 0 Å². The average Bonchev–Trinajstić information content (AvgIpc) is 2.60. The molecule has 3 N–H and O–H groups in total. The number of rotatable bonds is 7. The fourth-order valence-electron chi connectivity index (χ4n) is 2.47. The van der Waals surface area contributed by atoms with Crippen molar-refractivity contribution in [3.8, 4) is 5.75 Å². The van der Waals surface area contributed by atoms with Crippen LogP contribution in [0.3, 0.4) is 0 Å². The molecule has 0 bridgehead atoms.